The number of methoxy groups -OCH3 is 1. The monoisotopic (exact) mass is 350 g/mol. The summed E-state index contributed by atoms with van der Waals surface area (Å²) in [7, 11) is 1.62. The number of ketones is 1. The fourth-order valence-corrected chi connectivity index (χ4v) is 3.16. The summed E-state index contributed by atoms with van der Waals surface area (Å²) in [4.78, 5) is 12.3. The number of ether oxygens (including phenoxy) is 5. The Balaban J connectivity index is 1.74. The Hall–Kier alpha value is -1.47. The van der Waals surface area contributed by atoms with Crippen LogP contribution in [0.15, 0.2) is 24.3 Å². The third-order valence-corrected chi connectivity index (χ3v) is 4.56. The van der Waals surface area contributed by atoms with Crippen LogP contribution in [0, 0.1) is 5.92 Å². The summed E-state index contributed by atoms with van der Waals surface area (Å²) >= 11 is 0. The fraction of sp³-hybridized carbons (Fsp3) is 0.632. The maximum atomic E-state index is 12.3. The van der Waals surface area contributed by atoms with Crippen LogP contribution in [0.5, 0.6) is 5.75 Å². The van der Waals surface area contributed by atoms with Gasteiger partial charge in [-0.15, -0.1) is 0 Å². The zero-order valence-electron chi connectivity index (χ0n) is 15.1. The first kappa shape index (κ1) is 18.3. The molecule has 5 atom stereocenters. The lowest BCUT2D eigenvalue weighted by molar-refractivity contribution is -0.190. The highest BCUT2D eigenvalue weighted by Gasteiger charge is 2.55. The van der Waals surface area contributed by atoms with Crippen molar-refractivity contribution in [2.24, 2.45) is 5.92 Å². The van der Waals surface area contributed by atoms with Crippen molar-refractivity contribution in [1.29, 1.82) is 0 Å². The molecule has 2 heterocycles. The summed E-state index contributed by atoms with van der Waals surface area (Å²) in [5.74, 6) is 0.942. The molecule has 0 bridgehead atoms. The van der Waals surface area contributed by atoms with E-state index >= 15 is 0 Å². The van der Waals surface area contributed by atoms with Gasteiger partial charge in [-0.2, -0.15) is 0 Å². The Labute approximate surface area is 148 Å². The Bertz CT molecular complexity index is 601. The number of para-hydroxylation sites is 1. The summed E-state index contributed by atoms with van der Waals surface area (Å²) < 4.78 is 29.0. The van der Waals surface area contributed by atoms with E-state index in [1.165, 1.54) is 0 Å². The van der Waals surface area contributed by atoms with Gasteiger partial charge in [0.2, 0.25) is 0 Å². The molecule has 138 valence electrons. The van der Waals surface area contributed by atoms with Crippen LogP contribution in [0.4, 0.5) is 0 Å². The maximum absolute atomic E-state index is 12.3. The third-order valence-electron chi connectivity index (χ3n) is 4.56. The molecule has 1 aromatic rings. The van der Waals surface area contributed by atoms with Crippen LogP contribution in [0.25, 0.3) is 0 Å². The molecule has 0 aromatic heterocycles. The summed E-state index contributed by atoms with van der Waals surface area (Å²) in [6.07, 6.45) is -2.08. The average molecular weight is 350 g/mol. The van der Waals surface area contributed by atoms with Crippen LogP contribution < -0.4 is 4.74 Å². The van der Waals surface area contributed by atoms with Crippen LogP contribution in [-0.4, -0.2) is 43.8 Å². The standard InChI is InChI=1S/C19H26O6/c1-5-13(20)15-16(17-19(23-15)25-18(24-17)11(2)3)22-10-12-8-6-7-9-14(12)21-4/h6-9,11,15-19H,5,10H2,1-4H3/t15-,16+,17-,18?,19-/m1/s1. The van der Waals surface area contributed by atoms with Gasteiger partial charge in [-0.05, 0) is 6.07 Å². The van der Waals surface area contributed by atoms with Crippen LogP contribution in [0.1, 0.15) is 32.8 Å². The van der Waals surface area contributed by atoms with Gasteiger partial charge in [0.05, 0.1) is 13.7 Å². The summed E-state index contributed by atoms with van der Waals surface area (Å²) in [6, 6.07) is 7.65. The van der Waals surface area contributed by atoms with Gasteiger partial charge in [-0.25, -0.2) is 0 Å². The minimum Gasteiger partial charge on any atom is -0.496 e. The van der Waals surface area contributed by atoms with Crippen LogP contribution in [0.3, 0.4) is 0 Å². The highest BCUT2D eigenvalue weighted by Crippen LogP contribution is 2.37. The van der Waals surface area contributed by atoms with E-state index in [2.05, 4.69) is 0 Å². The molecule has 25 heavy (non-hydrogen) atoms. The second-order valence-corrected chi connectivity index (χ2v) is 6.68. The first-order valence-electron chi connectivity index (χ1n) is 8.77. The number of Topliss-reactive ketones (excluding diaryl/α,β-unsaturated/α-hetero) is 1. The summed E-state index contributed by atoms with van der Waals surface area (Å²) in [5.41, 5.74) is 0.912. The number of benzene rings is 1. The minimum absolute atomic E-state index is 0.00674. The number of hydrogen-bond acceptors (Lipinski definition) is 6. The van der Waals surface area contributed by atoms with E-state index in [0.29, 0.717) is 13.0 Å². The maximum Gasteiger partial charge on any atom is 0.190 e. The van der Waals surface area contributed by atoms with E-state index in [1.54, 1.807) is 7.11 Å². The van der Waals surface area contributed by atoms with Crippen molar-refractivity contribution in [3.63, 3.8) is 0 Å². The molecule has 2 aliphatic heterocycles. The van der Waals surface area contributed by atoms with E-state index in [0.717, 1.165) is 11.3 Å². The van der Waals surface area contributed by atoms with Crippen LogP contribution in [0.2, 0.25) is 0 Å². The molecule has 1 unspecified atom stereocenters. The van der Waals surface area contributed by atoms with Gasteiger partial charge in [0.25, 0.3) is 0 Å². The van der Waals surface area contributed by atoms with E-state index in [4.69, 9.17) is 23.7 Å². The molecular formula is C19H26O6. The van der Waals surface area contributed by atoms with Crippen molar-refractivity contribution < 1.29 is 28.5 Å². The molecule has 0 radical (unpaired) electrons. The van der Waals surface area contributed by atoms with Gasteiger partial charge in [0, 0.05) is 17.9 Å². The quantitative estimate of drug-likeness (QED) is 0.753. The van der Waals surface area contributed by atoms with E-state index < -0.39 is 24.6 Å². The molecule has 2 saturated heterocycles. The van der Waals surface area contributed by atoms with E-state index in [-0.39, 0.29) is 18.0 Å². The number of carbonyl (C=O) groups is 1. The third kappa shape index (κ3) is 3.72. The van der Waals surface area contributed by atoms with Gasteiger partial charge >= 0.3 is 0 Å². The number of rotatable bonds is 7. The fourth-order valence-electron chi connectivity index (χ4n) is 3.16. The zero-order chi connectivity index (χ0) is 18.0. The molecule has 6 heteroatoms. The normalized spacial score (nSPS) is 31.3. The van der Waals surface area contributed by atoms with Gasteiger partial charge in [0.15, 0.2) is 18.4 Å². The molecule has 1 aromatic carbocycles. The SMILES string of the molecule is CCC(=O)[C@H]1O[C@@H]2OC(C(C)C)O[C@@H]2[C@H]1OCc1ccccc1OC. The lowest BCUT2D eigenvalue weighted by atomic mass is 10.1. The van der Waals surface area contributed by atoms with Crippen molar-refractivity contribution in [1.82, 2.24) is 0 Å². The van der Waals surface area contributed by atoms with Gasteiger partial charge in [-0.3, -0.25) is 4.79 Å². The first-order valence-corrected chi connectivity index (χ1v) is 8.77. The molecule has 0 amide bonds. The smallest absolute Gasteiger partial charge is 0.190 e. The van der Waals surface area contributed by atoms with Crippen LogP contribution >= 0.6 is 0 Å². The lowest BCUT2D eigenvalue weighted by Gasteiger charge is -2.24. The molecule has 2 aliphatic rings. The second-order valence-electron chi connectivity index (χ2n) is 6.68. The van der Waals surface area contributed by atoms with E-state index in [1.807, 2.05) is 45.0 Å². The second kappa shape index (κ2) is 7.83. The predicted octanol–water partition coefficient (Wildman–Crippen LogP) is 2.68. The molecule has 0 aliphatic carbocycles. The van der Waals surface area contributed by atoms with Crippen molar-refractivity contribution >= 4 is 5.78 Å². The zero-order valence-corrected chi connectivity index (χ0v) is 15.1. The van der Waals surface area contributed by atoms with Gasteiger partial charge in [-0.1, -0.05) is 39.0 Å². The summed E-state index contributed by atoms with van der Waals surface area (Å²) in [5, 5.41) is 0. The van der Waals surface area contributed by atoms with Crippen molar-refractivity contribution in [3.8, 4) is 5.75 Å². The van der Waals surface area contributed by atoms with Crippen LogP contribution in [-0.2, 0) is 30.3 Å². The summed E-state index contributed by atoms with van der Waals surface area (Å²) in [6.45, 7) is 6.16. The lowest BCUT2D eigenvalue weighted by Crippen LogP contribution is -2.39. The molecule has 0 saturated carbocycles. The minimum atomic E-state index is -0.664. The Morgan fingerprint density at radius 1 is 1.20 bits per heavy atom. The number of hydrogen-bond donors (Lipinski definition) is 0. The number of carbonyl (C=O) groups excluding carboxylic acids is 1. The van der Waals surface area contributed by atoms with E-state index in [9.17, 15) is 4.79 Å². The Morgan fingerprint density at radius 3 is 2.64 bits per heavy atom. The molecule has 0 spiro atoms. The van der Waals surface area contributed by atoms with Crippen molar-refractivity contribution in [2.75, 3.05) is 7.11 Å². The largest absolute Gasteiger partial charge is 0.496 e. The Morgan fingerprint density at radius 2 is 1.96 bits per heavy atom. The number of fused-ring (bicyclic) bond motifs is 1. The van der Waals surface area contributed by atoms with Gasteiger partial charge in [0.1, 0.15) is 24.1 Å². The molecule has 6 nitrogen and oxygen atoms in total. The van der Waals surface area contributed by atoms with Crippen molar-refractivity contribution in [3.05, 3.63) is 29.8 Å². The molecule has 0 N–H and O–H groups in total. The molecule has 3 rings (SSSR count). The Kier molecular flexibility index (Phi) is 5.74. The first-order chi connectivity index (χ1) is 12.0. The molecule has 2 fully saturated rings. The molecular weight excluding hydrogens is 324 g/mol. The topological polar surface area (TPSA) is 63.2 Å². The highest BCUT2D eigenvalue weighted by molar-refractivity contribution is 5.83. The highest BCUT2D eigenvalue weighted by atomic mass is 16.8. The van der Waals surface area contributed by atoms with Crippen molar-refractivity contribution in [2.45, 2.75) is 64.7 Å². The average Bonchev–Trinajstić information content (AvgIpc) is 3.18. The predicted molar refractivity (Wildman–Crippen MR) is 90.1 cm³/mol. The van der Waals surface area contributed by atoms with Gasteiger partial charge < -0.3 is 23.7 Å².